The van der Waals surface area contributed by atoms with Crippen molar-refractivity contribution in [3.05, 3.63) is 35.2 Å². The van der Waals surface area contributed by atoms with E-state index in [0.717, 1.165) is 28.5 Å². The molecule has 4 rings (SSSR count). The molecule has 0 bridgehead atoms. The van der Waals surface area contributed by atoms with Crippen LogP contribution in [0.5, 0.6) is 0 Å². The molecule has 0 unspecified atom stereocenters. The molecule has 2 aliphatic rings. The molecule has 27 heavy (non-hydrogen) atoms. The summed E-state index contributed by atoms with van der Waals surface area (Å²) in [6, 6.07) is 8.13. The van der Waals surface area contributed by atoms with Gasteiger partial charge in [-0.25, -0.2) is 0 Å². The van der Waals surface area contributed by atoms with Gasteiger partial charge in [0.05, 0.1) is 24.3 Å². The van der Waals surface area contributed by atoms with Gasteiger partial charge < -0.3 is 15.0 Å². The molecule has 1 saturated carbocycles. The topological polar surface area (TPSA) is 58.6 Å². The van der Waals surface area contributed by atoms with Crippen molar-refractivity contribution in [1.82, 2.24) is 10.2 Å². The van der Waals surface area contributed by atoms with E-state index in [9.17, 15) is 9.59 Å². The van der Waals surface area contributed by atoms with Crippen LogP contribution in [0.3, 0.4) is 0 Å². The molecule has 1 aromatic carbocycles. The number of carbonyl (C=O) groups is 2. The number of ether oxygens (including phenoxy) is 1. The second-order valence-electron chi connectivity index (χ2n) is 7.79. The first-order valence-corrected chi connectivity index (χ1v) is 10.6. The van der Waals surface area contributed by atoms with Gasteiger partial charge in [0.25, 0.3) is 5.91 Å². The number of morpholine rings is 1. The van der Waals surface area contributed by atoms with Gasteiger partial charge in [0.15, 0.2) is 0 Å². The Morgan fingerprint density at radius 1 is 1.26 bits per heavy atom. The van der Waals surface area contributed by atoms with Crippen LogP contribution >= 0.6 is 11.3 Å². The third-order valence-electron chi connectivity index (χ3n) is 5.59. The number of rotatable bonds is 3. The van der Waals surface area contributed by atoms with Crippen molar-refractivity contribution < 1.29 is 14.3 Å². The maximum Gasteiger partial charge on any atom is 0.255 e. The molecular weight excluding hydrogens is 360 g/mol. The van der Waals surface area contributed by atoms with Crippen molar-refractivity contribution in [3.63, 3.8) is 0 Å². The first kappa shape index (κ1) is 18.4. The van der Waals surface area contributed by atoms with Gasteiger partial charge in [-0.05, 0) is 39.2 Å². The standard InChI is InChI=1S/C21H26N2O3S/c1-13(2)22-20(24)14-7-8-18-17(11-14)23(9-10-26-18)21(25)16-12-27-19-6-4-3-5-15(16)19/h3-6,12-14,17-18H,7-11H2,1-2H3,(H,22,24)/t14-,17+,18+/m0/s1. The molecule has 1 aromatic heterocycles. The van der Waals surface area contributed by atoms with E-state index in [4.69, 9.17) is 4.74 Å². The summed E-state index contributed by atoms with van der Waals surface area (Å²) in [5.74, 6) is 0.114. The molecule has 2 fully saturated rings. The van der Waals surface area contributed by atoms with Crippen LogP contribution in [0.1, 0.15) is 43.5 Å². The molecule has 2 heterocycles. The third kappa shape index (κ3) is 3.60. The van der Waals surface area contributed by atoms with Gasteiger partial charge in [-0.2, -0.15) is 0 Å². The minimum Gasteiger partial charge on any atom is -0.374 e. The normalized spacial score (nSPS) is 25.4. The Morgan fingerprint density at radius 2 is 2.07 bits per heavy atom. The zero-order valence-electron chi connectivity index (χ0n) is 15.8. The fourth-order valence-electron chi connectivity index (χ4n) is 4.30. The van der Waals surface area contributed by atoms with Crippen molar-refractivity contribution in [2.45, 2.75) is 51.3 Å². The van der Waals surface area contributed by atoms with E-state index in [0.29, 0.717) is 19.6 Å². The van der Waals surface area contributed by atoms with Gasteiger partial charge in [0, 0.05) is 34.0 Å². The molecule has 1 aliphatic carbocycles. The van der Waals surface area contributed by atoms with Crippen LogP contribution in [-0.2, 0) is 9.53 Å². The molecule has 0 spiro atoms. The van der Waals surface area contributed by atoms with Crippen LogP contribution < -0.4 is 5.32 Å². The summed E-state index contributed by atoms with van der Waals surface area (Å²) in [6.07, 6.45) is 2.37. The van der Waals surface area contributed by atoms with Crippen LogP contribution in [0.15, 0.2) is 29.6 Å². The SMILES string of the molecule is CC(C)NC(=O)[C@H]1CC[C@H]2OCCN(C(=O)c3csc4ccccc34)[C@@H]2C1. The number of nitrogens with one attached hydrogen (secondary N) is 1. The van der Waals surface area contributed by atoms with Crippen molar-refractivity contribution >= 4 is 33.2 Å². The van der Waals surface area contributed by atoms with Crippen LogP contribution in [-0.4, -0.2) is 48.1 Å². The second kappa shape index (κ2) is 7.60. The first-order chi connectivity index (χ1) is 13.0. The quantitative estimate of drug-likeness (QED) is 0.879. The number of fused-ring (bicyclic) bond motifs is 2. The minimum absolute atomic E-state index is 0.0263. The average Bonchev–Trinajstić information content (AvgIpc) is 3.10. The fourth-order valence-corrected chi connectivity index (χ4v) is 5.24. The summed E-state index contributed by atoms with van der Waals surface area (Å²) < 4.78 is 7.08. The first-order valence-electron chi connectivity index (χ1n) is 9.73. The number of benzene rings is 1. The zero-order chi connectivity index (χ0) is 19.0. The minimum atomic E-state index is -0.0510. The van der Waals surface area contributed by atoms with E-state index in [2.05, 4.69) is 5.32 Å². The van der Waals surface area contributed by atoms with Gasteiger partial charge >= 0.3 is 0 Å². The lowest BCUT2D eigenvalue weighted by molar-refractivity contribution is -0.132. The Labute approximate surface area is 163 Å². The lowest BCUT2D eigenvalue weighted by Gasteiger charge is -2.45. The van der Waals surface area contributed by atoms with Crippen molar-refractivity contribution in [2.24, 2.45) is 5.92 Å². The van der Waals surface area contributed by atoms with E-state index >= 15 is 0 Å². The molecule has 3 atom stereocenters. The Kier molecular flexibility index (Phi) is 5.19. The summed E-state index contributed by atoms with van der Waals surface area (Å²) >= 11 is 1.61. The highest BCUT2D eigenvalue weighted by molar-refractivity contribution is 7.17. The number of hydrogen-bond acceptors (Lipinski definition) is 4. The molecule has 1 aliphatic heterocycles. The van der Waals surface area contributed by atoms with E-state index in [-0.39, 0.29) is 35.9 Å². The largest absolute Gasteiger partial charge is 0.374 e. The van der Waals surface area contributed by atoms with Crippen molar-refractivity contribution in [3.8, 4) is 0 Å². The Hall–Kier alpha value is -1.92. The fraction of sp³-hybridized carbons (Fsp3) is 0.524. The highest BCUT2D eigenvalue weighted by Crippen LogP contribution is 2.35. The Morgan fingerprint density at radius 3 is 2.89 bits per heavy atom. The van der Waals surface area contributed by atoms with Crippen molar-refractivity contribution in [1.29, 1.82) is 0 Å². The van der Waals surface area contributed by atoms with Gasteiger partial charge in [-0.15, -0.1) is 11.3 Å². The zero-order valence-corrected chi connectivity index (χ0v) is 16.6. The molecule has 0 radical (unpaired) electrons. The molecule has 2 amide bonds. The maximum atomic E-state index is 13.4. The summed E-state index contributed by atoms with van der Waals surface area (Å²) in [5, 5.41) is 6.00. The summed E-state index contributed by atoms with van der Waals surface area (Å²) in [6.45, 7) is 5.11. The lowest BCUT2D eigenvalue weighted by atomic mass is 9.81. The van der Waals surface area contributed by atoms with Crippen LogP contribution in [0.2, 0.25) is 0 Å². The second-order valence-corrected chi connectivity index (χ2v) is 8.71. The monoisotopic (exact) mass is 386 g/mol. The predicted molar refractivity (Wildman–Crippen MR) is 107 cm³/mol. The number of nitrogens with zero attached hydrogens (tertiary/aromatic N) is 1. The number of carbonyl (C=O) groups excluding carboxylic acids is 2. The average molecular weight is 387 g/mol. The molecular formula is C21H26N2O3S. The van der Waals surface area contributed by atoms with Crippen LogP contribution in [0.25, 0.3) is 10.1 Å². The Balaban J connectivity index is 1.56. The number of hydrogen-bond donors (Lipinski definition) is 1. The highest BCUT2D eigenvalue weighted by Gasteiger charge is 2.42. The molecule has 144 valence electrons. The summed E-state index contributed by atoms with van der Waals surface area (Å²) in [4.78, 5) is 27.8. The number of amides is 2. The predicted octanol–water partition coefficient (Wildman–Crippen LogP) is 3.44. The summed E-state index contributed by atoms with van der Waals surface area (Å²) in [7, 11) is 0. The lowest BCUT2D eigenvalue weighted by Crippen LogP contribution is -2.57. The van der Waals surface area contributed by atoms with Crippen LogP contribution in [0, 0.1) is 5.92 Å². The van der Waals surface area contributed by atoms with E-state index in [1.54, 1.807) is 11.3 Å². The van der Waals surface area contributed by atoms with E-state index < -0.39 is 0 Å². The van der Waals surface area contributed by atoms with Gasteiger partial charge in [0.2, 0.25) is 5.91 Å². The highest BCUT2D eigenvalue weighted by atomic mass is 32.1. The summed E-state index contributed by atoms with van der Waals surface area (Å²) in [5.41, 5.74) is 0.769. The van der Waals surface area contributed by atoms with E-state index in [1.807, 2.05) is 48.4 Å². The smallest absolute Gasteiger partial charge is 0.255 e. The number of thiophene rings is 1. The van der Waals surface area contributed by atoms with Gasteiger partial charge in [-0.3, -0.25) is 9.59 Å². The van der Waals surface area contributed by atoms with Gasteiger partial charge in [-0.1, -0.05) is 18.2 Å². The molecule has 1 saturated heterocycles. The van der Waals surface area contributed by atoms with E-state index in [1.165, 1.54) is 0 Å². The Bertz CT molecular complexity index is 847. The third-order valence-corrected chi connectivity index (χ3v) is 6.56. The van der Waals surface area contributed by atoms with Crippen molar-refractivity contribution in [2.75, 3.05) is 13.2 Å². The molecule has 5 nitrogen and oxygen atoms in total. The molecule has 1 N–H and O–H groups in total. The maximum absolute atomic E-state index is 13.4. The molecule has 6 heteroatoms. The van der Waals surface area contributed by atoms with Gasteiger partial charge in [0.1, 0.15) is 0 Å². The molecule has 2 aromatic rings. The van der Waals surface area contributed by atoms with Crippen LogP contribution in [0.4, 0.5) is 0 Å².